The maximum absolute atomic E-state index is 13.3. The molecule has 2 aromatic rings. The molecule has 6 nitrogen and oxygen atoms in total. The molecule has 2 heterocycles. The molecular formula is C25H22F3NO5S. The zero-order valence-electron chi connectivity index (χ0n) is 19.3. The largest absolute Gasteiger partial charge is 0.573 e. The van der Waals surface area contributed by atoms with Crippen molar-refractivity contribution in [3.05, 3.63) is 51.9 Å². The number of hydrogen-bond donors (Lipinski definition) is 1. The highest BCUT2D eigenvalue weighted by Gasteiger charge is 2.37. The number of ether oxygens (including phenoxy) is 2. The summed E-state index contributed by atoms with van der Waals surface area (Å²) in [6, 6.07) is 7.15. The predicted octanol–water partition coefficient (Wildman–Crippen LogP) is 6.08. The first-order valence-electron chi connectivity index (χ1n) is 10.8. The maximum atomic E-state index is 13.3. The third-order valence-corrected chi connectivity index (χ3v) is 6.47. The van der Waals surface area contributed by atoms with E-state index in [2.05, 4.69) is 10.1 Å². The van der Waals surface area contributed by atoms with Crippen molar-refractivity contribution in [3.63, 3.8) is 0 Å². The molecule has 2 amide bonds. The molecule has 0 spiro atoms. The van der Waals surface area contributed by atoms with Crippen LogP contribution in [0.4, 0.5) is 18.0 Å². The number of amides is 2. The lowest BCUT2D eigenvalue weighted by molar-refractivity contribution is -0.274. The molecule has 0 bridgehead atoms. The van der Waals surface area contributed by atoms with Crippen molar-refractivity contribution in [2.45, 2.75) is 39.5 Å². The number of hydrogen-bond acceptors (Lipinski definition) is 6. The van der Waals surface area contributed by atoms with Gasteiger partial charge in [-0.1, -0.05) is 33.8 Å². The van der Waals surface area contributed by atoms with E-state index in [1.54, 1.807) is 19.9 Å². The Morgan fingerprint density at radius 3 is 2.49 bits per heavy atom. The summed E-state index contributed by atoms with van der Waals surface area (Å²) in [5.41, 5.74) is 1.27. The molecule has 1 saturated heterocycles. The number of carbonyl (C=O) groups excluding carboxylic acids is 3. The predicted molar refractivity (Wildman–Crippen MR) is 125 cm³/mol. The fourth-order valence-electron chi connectivity index (χ4n) is 3.93. The molecule has 4 rings (SSSR count). The third-order valence-electron chi connectivity index (χ3n) is 5.66. The molecule has 1 fully saturated rings. The Labute approximate surface area is 203 Å². The van der Waals surface area contributed by atoms with E-state index in [9.17, 15) is 27.6 Å². The van der Waals surface area contributed by atoms with Gasteiger partial charge in [0, 0.05) is 33.6 Å². The molecule has 0 radical (unpaired) electrons. The summed E-state index contributed by atoms with van der Waals surface area (Å²) in [6.07, 6.45) is -3.56. The maximum Gasteiger partial charge on any atom is 0.573 e. The standard InChI is InChI=1S/C25H22F3NO5S/c1-12(2)20(30)14-9-16(21-17(10-14)24(3,4)11-33-21)15-7-13(5-6-18(15)34-25(26,27)28)8-19-22(31)29-23(32)35-19/h5-10,12H,11H2,1-4H3,(H,29,31,32)/b19-8+. The number of nitrogens with one attached hydrogen (secondary N) is 1. The molecule has 1 N–H and O–H groups in total. The van der Waals surface area contributed by atoms with Crippen molar-refractivity contribution >= 4 is 34.8 Å². The van der Waals surface area contributed by atoms with Crippen LogP contribution in [0.1, 0.15) is 49.2 Å². The quantitative estimate of drug-likeness (QED) is 0.392. The smallest absolute Gasteiger partial charge is 0.492 e. The van der Waals surface area contributed by atoms with Gasteiger partial charge in [-0.05, 0) is 47.7 Å². The minimum Gasteiger partial charge on any atom is -0.492 e. The van der Waals surface area contributed by atoms with Crippen LogP contribution in [0.5, 0.6) is 11.5 Å². The normalized spacial score (nSPS) is 18.0. The number of benzene rings is 2. The lowest BCUT2D eigenvalue weighted by Crippen LogP contribution is -2.19. The molecule has 35 heavy (non-hydrogen) atoms. The van der Waals surface area contributed by atoms with Crippen molar-refractivity contribution in [2.75, 3.05) is 6.61 Å². The molecular weight excluding hydrogens is 483 g/mol. The van der Waals surface area contributed by atoms with Gasteiger partial charge in [-0.3, -0.25) is 19.7 Å². The Morgan fingerprint density at radius 1 is 1.17 bits per heavy atom. The number of fused-ring (bicyclic) bond motifs is 1. The molecule has 2 aliphatic heterocycles. The van der Waals surface area contributed by atoms with Gasteiger partial charge < -0.3 is 9.47 Å². The number of Topliss-reactive ketones (excluding diaryl/α,β-unsaturated/α-hetero) is 1. The highest BCUT2D eigenvalue weighted by Crippen LogP contribution is 2.48. The van der Waals surface area contributed by atoms with Crippen LogP contribution >= 0.6 is 11.8 Å². The number of ketones is 1. The second-order valence-corrected chi connectivity index (χ2v) is 10.3. The van der Waals surface area contributed by atoms with Gasteiger partial charge in [0.2, 0.25) is 0 Å². The molecule has 2 aliphatic rings. The Morgan fingerprint density at radius 2 is 1.89 bits per heavy atom. The highest BCUT2D eigenvalue weighted by molar-refractivity contribution is 8.18. The Bertz CT molecular complexity index is 1280. The van der Waals surface area contributed by atoms with Crippen LogP contribution in [-0.4, -0.2) is 29.9 Å². The first-order valence-corrected chi connectivity index (χ1v) is 11.6. The average molecular weight is 506 g/mol. The second-order valence-electron chi connectivity index (χ2n) is 9.25. The van der Waals surface area contributed by atoms with Gasteiger partial charge in [-0.25, -0.2) is 0 Å². The second kappa shape index (κ2) is 8.75. The summed E-state index contributed by atoms with van der Waals surface area (Å²) in [4.78, 5) is 36.4. The molecule has 0 saturated carbocycles. The van der Waals surface area contributed by atoms with Crippen LogP contribution < -0.4 is 14.8 Å². The van der Waals surface area contributed by atoms with Gasteiger partial charge in [0.05, 0.1) is 11.5 Å². The summed E-state index contributed by atoms with van der Waals surface area (Å²) in [7, 11) is 0. The SMILES string of the molecule is CC(C)C(=O)c1cc(-c2cc(/C=C3/SC(=O)NC3=O)ccc2OC(F)(F)F)c2c(c1)C(C)(C)CO2. The lowest BCUT2D eigenvalue weighted by atomic mass is 9.82. The molecule has 184 valence electrons. The molecule has 10 heteroatoms. The van der Waals surface area contributed by atoms with E-state index in [0.29, 0.717) is 34.2 Å². The third kappa shape index (κ3) is 5.07. The van der Waals surface area contributed by atoms with Crippen molar-refractivity contribution in [2.24, 2.45) is 5.92 Å². The van der Waals surface area contributed by atoms with Gasteiger partial charge in [0.15, 0.2) is 5.78 Å². The van der Waals surface area contributed by atoms with E-state index in [-0.39, 0.29) is 34.3 Å². The number of carbonyl (C=O) groups is 3. The van der Waals surface area contributed by atoms with E-state index >= 15 is 0 Å². The fourth-order valence-corrected chi connectivity index (χ4v) is 4.61. The lowest BCUT2D eigenvalue weighted by Gasteiger charge is -2.19. The summed E-state index contributed by atoms with van der Waals surface area (Å²) in [6.45, 7) is 7.62. The summed E-state index contributed by atoms with van der Waals surface area (Å²) in [5.74, 6) is -1.19. The van der Waals surface area contributed by atoms with E-state index in [1.165, 1.54) is 24.3 Å². The van der Waals surface area contributed by atoms with Crippen LogP contribution in [0.15, 0.2) is 35.2 Å². The number of rotatable bonds is 5. The number of alkyl halides is 3. The summed E-state index contributed by atoms with van der Waals surface area (Å²) < 4.78 is 50.0. The Hall–Kier alpha value is -3.27. The van der Waals surface area contributed by atoms with Crippen LogP contribution in [0, 0.1) is 5.92 Å². The monoisotopic (exact) mass is 505 g/mol. The highest BCUT2D eigenvalue weighted by atomic mass is 32.2. The zero-order valence-corrected chi connectivity index (χ0v) is 20.1. The number of imide groups is 1. The van der Waals surface area contributed by atoms with Crippen molar-refractivity contribution < 1.29 is 37.0 Å². The van der Waals surface area contributed by atoms with Crippen molar-refractivity contribution in [1.82, 2.24) is 5.32 Å². The van der Waals surface area contributed by atoms with Crippen molar-refractivity contribution in [3.8, 4) is 22.6 Å². The molecule has 0 unspecified atom stereocenters. The summed E-state index contributed by atoms with van der Waals surface area (Å²) in [5, 5.41) is 1.60. The fraction of sp³-hybridized carbons (Fsp3) is 0.320. The van der Waals surface area contributed by atoms with E-state index < -0.39 is 28.7 Å². The average Bonchev–Trinajstić information content (AvgIpc) is 3.24. The van der Waals surface area contributed by atoms with Crippen LogP contribution in [0.25, 0.3) is 17.2 Å². The number of thioether (sulfide) groups is 1. The Kier molecular flexibility index (Phi) is 6.21. The van der Waals surface area contributed by atoms with Gasteiger partial charge in [0.1, 0.15) is 11.5 Å². The van der Waals surface area contributed by atoms with Gasteiger partial charge >= 0.3 is 6.36 Å². The zero-order chi connectivity index (χ0) is 25.7. The van der Waals surface area contributed by atoms with E-state index in [0.717, 1.165) is 6.07 Å². The van der Waals surface area contributed by atoms with E-state index in [1.807, 2.05) is 13.8 Å². The van der Waals surface area contributed by atoms with Crippen molar-refractivity contribution in [1.29, 1.82) is 0 Å². The minimum absolute atomic E-state index is 0.0405. The first kappa shape index (κ1) is 24.8. The van der Waals surface area contributed by atoms with E-state index in [4.69, 9.17) is 4.74 Å². The van der Waals surface area contributed by atoms with Crippen LogP contribution in [-0.2, 0) is 10.2 Å². The molecule has 0 aliphatic carbocycles. The minimum atomic E-state index is -4.96. The van der Waals surface area contributed by atoms with Crippen LogP contribution in [0.2, 0.25) is 0 Å². The molecule has 2 aromatic carbocycles. The topological polar surface area (TPSA) is 81.7 Å². The molecule has 0 atom stereocenters. The van der Waals surface area contributed by atoms with Gasteiger partial charge in [-0.15, -0.1) is 13.2 Å². The number of halogens is 3. The summed E-state index contributed by atoms with van der Waals surface area (Å²) >= 11 is 0.695. The Balaban J connectivity index is 1.95. The van der Waals surface area contributed by atoms with Gasteiger partial charge in [0.25, 0.3) is 11.1 Å². The molecule has 0 aromatic heterocycles. The first-order chi connectivity index (χ1) is 16.2. The van der Waals surface area contributed by atoms with Crippen LogP contribution in [0.3, 0.4) is 0 Å². The van der Waals surface area contributed by atoms with Gasteiger partial charge in [-0.2, -0.15) is 0 Å².